The van der Waals surface area contributed by atoms with E-state index < -0.39 is 18.1 Å². The maximum absolute atomic E-state index is 12.3. The number of fused-ring (bicyclic) bond motifs is 1. The van der Waals surface area contributed by atoms with Gasteiger partial charge in [0, 0.05) is 13.2 Å². The second-order valence-corrected chi connectivity index (χ2v) is 5.63. The van der Waals surface area contributed by atoms with Crippen LogP contribution in [0.3, 0.4) is 0 Å². The number of hydrogen-bond donors (Lipinski definition) is 1. The van der Waals surface area contributed by atoms with Gasteiger partial charge in [0.15, 0.2) is 0 Å². The predicted octanol–water partition coefficient (Wildman–Crippen LogP) is 0.877. The van der Waals surface area contributed by atoms with Gasteiger partial charge in [0.05, 0.1) is 0 Å². The minimum Gasteiger partial charge on any atom is -0.480 e. The van der Waals surface area contributed by atoms with Crippen molar-refractivity contribution in [1.82, 2.24) is 4.90 Å². The molecule has 0 aromatic rings. The van der Waals surface area contributed by atoms with Gasteiger partial charge in [0.2, 0.25) is 0 Å². The molecule has 3 rings (SSSR count). The van der Waals surface area contributed by atoms with Gasteiger partial charge in [-0.15, -0.1) is 0 Å². The molecule has 2 saturated heterocycles. The molecule has 2 heterocycles. The predicted molar refractivity (Wildman–Crippen MR) is 62.9 cm³/mol. The van der Waals surface area contributed by atoms with E-state index in [-0.39, 0.29) is 11.8 Å². The van der Waals surface area contributed by atoms with Crippen molar-refractivity contribution < 1.29 is 19.4 Å². The van der Waals surface area contributed by atoms with Crippen molar-refractivity contribution in [3.63, 3.8) is 0 Å². The zero-order valence-electron chi connectivity index (χ0n) is 10.4. The lowest BCUT2D eigenvalue weighted by atomic mass is 9.94. The second-order valence-electron chi connectivity index (χ2n) is 5.63. The number of amides is 1. The number of carboxylic acids is 1. The lowest BCUT2D eigenvalue weighted by molar-refractivity contribution is -0.153. The Labute approximate surface area is 106 Å². The van der Waals surface area contributed by atoms with E-state index in [1.807, 2.05) is 0 Å². The number of ether oxygens (including phenoxy) is 1. The minimum absolute atomic E-state index is 0.102. The van der Waals surface area contributed by atoms with Crippen LogP contribution in [-0.2, 0) is 14.3 Å². The quantitative estimate of drug-likeness (QED) is 0.793. The number of nitrogens with zero attached hydrogens (tertiary/aromatic N) is 1. The van der Waals surface area contributed by atoms with E-state index in [1.54, 1.807) is 4.90 Å². The fraction of sp³-hybridized carbons (Fsp3) is 0.846. The van der Waals surface area contributed by atoms with Crippen LogP contribution in [0, 0.1) is 11.8 Å². The molecule has 4 unspecified atom stereocenters. The Morgan fingerprint density at radius 1 is 1.17 bits per heavy atom. The van der Waals surface area contributed by atoms with E-state index in [1.165, 1.54) is 0 Å². The van der Waals surface area contributed by atoms with Gasteiger partial charge < -0.3 is 14.7 Å². The third-order valence-corrected chi connectivity index (χ3v) is 4.63. The van der Waals surface area contributed by atoms with Crippen LogP contribution in [0.15, 0.2) is 0 Å². The van der Waals surface area contributed by atoms with Crippen LogP contribution in [0.2, 0.25) is 0 Å². The molecule has 1 N–H and O–H groups in total. The van der Waals surface area contributed by atoms with E-state index in [0.717, 1.165) is 32.1 Å². The van der Waals surface area contributed by atoms with Crippen LogP contribution in [0.1, 0.15) is 32.1 Å². The van der Waals surface area contributed by atoms with Crippen LogP contribution < -0.4 is 0 Å². The summed E-state index contributed by atoms with van der Waals surface area (Å²) in [5.74, 6) is -0.408. The Morgan fingerprint density at radius 2 is 2.00 bits per heavy atom. The molecule has 0 radical (unpaired) electrons. The van der Waals surface area contributed by atoms with Crippen LogP contribution in [0.25, 0.3) is 0 Å². The largest absolute Gasteiger partial charge is 0.480 e. The summed E-state index contributed by atoms with van der Waals surface area (Å²) in [6.45, 7) is 1.23. The summed E-state index contributed by atoms with van der Waals surface area (Å²) in [6, 6.07) is -0.616. The maximum atomic E-state index is 12.3. The third-order valence-electron chi connectivity index (χ3n) is 4.63. The van der Waals surface area contributed by atoms with Crippen molar-refractivity contribution >= 4 is 11.9 Å². The monoisotopic (exact) mass is 253 g/mol. The summed E-state index contributed by atoms with van der Waals surface area (Å²) < 4.78 is 5.39. The standard InChI is InChI=1S/C13H19NO4/c15-12(10-5-2-6-18-10)14-7-8-3-1-4-9(8)11(14)13(16)17/h8-11H,1-7H2,(H,16,17). The molecule has 1 amide bonds. The Morgan fingerprint density at radius 3 is 2.67 bits per heavy atom. The molecule has 0 aromatic carbocycles. The zero-order valence-corrected chi connectivity index (χ0v) is 10.4. The average molecular weight is 253 g/mol. The molecule has 0 aromatic heterocycles. The SMILES string of the molecule is O=C(O)C1C2CCCC2CN1C(=O)C1CCCO1. The highest BCUT2D eigenvalue weighted by molar-refractivity contribution is 5.87. The first-order valence-corrected chi connectivity index (χ1v) is 6.83. The summed E-state index contributed by atoms with van der Waals surface area (Å²) >= 11 is 0. The normalized spacial score (nSPS) is 39.0. The van der Waals surface area contributed by atoms with E-state index in [0.29, 0.717) is 19.1 Å². The molecule has 3 fully saturated rings. The fourth-order valence-corrected chi connectivity index (χ4v) is 3.81. The number of rotatable bonds is 2. The van der Waals surface area contributed by atoms with Gasteiger partial charge in [0.25, 0.3) is 5.91 Å². The third kappa shape index (κ3) is 1.81. The van der Waals surface area contributed by atoms with Gasteiger partial charge in [-0.05, 0) is 37.5 Å². The van der Waals surface area contributed by atoms with Crippen molar-refractivity contribution in [3.8, 4) is 0 Å². The van der Waals surface area contributed by atoms with Gasteiger partial charge in [-0.25, -0.2) is 4.79 Å². The Bertz CT molecular complexity index is 364. The molecular weight excluding hydrogens is 234 g/mol. The van der Waals surface area contributed by atoms with Crippen molar-refractivity contribution in [2.45, 2.75) is 44.2 Å². The highest BCUT2D eigenvalue weighted by Crippen LogP contribution is 2.42. The molecule has 18 heavy (non-hydrogen) atoms. The summed E-state index contributed by atoms with van der Waals surface area (Å²) in [7, 11) is 0. The van der Waals surface area contributed by atoms with Crippen molar-refractivity contribution in [2.75, 3.05) is 13.2 Å². The lowest BCUT2D eigenvalue weighted by Crippen LogP contribution is -2.47. The van der Waals surface area contributed by atoms with Gasteiger partial charge >= 0.3 is 5.97 Å². The van der Waals surface area contributed by atoms with Crippen LogP contribution in [0.5, 0.6) is 0 Å². The molecule has 4 atom stereocenters. The van der Waals surface area contributed by atoms with Crippen LogP contribution in [-0.4, -0.2) is 47.2 Å². The molecule has 2 aliphatic heterocycles. The summed E-state index contributed by atoms with van der Waals surface area (Å²) in [6.07, 6.45) is 4.33. The molecular formula is C13H19NO4. The van der Waals surface area contributed by atoms with Crippen LogP contribution >= 0.6 is 0 Å². The first-order chi connectivity index (χ1) is 8.68. The summed E-state index contributed by atoms with van der Waals surface area (Å²) in [5.41, 5.74) is 0. The van der Waals surface area contributed by atoms with Gasteiger partial charge in [-0.2, -0.15) is 0 Å². The Hall–Kier alpha value is -1.10. The molecule has 3 aliphatic rings. The Balaban J connectivity index is 1.78. The van der Waals surface area contributed by atoms with Gasteiger partial charge in [-0.3, -0.25) is 4.79 Å². The molecule has 100 valence electrons. The summed E-state index contributed by atoms with van der Waals surface area (Å²) in [4.78, 5) is 25.3. The lowest BCUT2D eigenvalue weighted by Gasteiger charge is -2.26. The fourth-order valence-electron chi connectivity index (χ4n) is 3.81. The number of hydrogen-bond acceptors (Lipinski definition) is 3. The smallest absolute Gasteiger partial charge is 0.326 e. The highest BCUT2D eigenvalue weighted by atomic mass is 16.5. The van der Waals surface area contributed by atoms with Crippen molar-refractivity contribution in [1.29, 1.82) is 0 Å². The number of carboxylic acid groups (broad SMARTS) is 1. The van der Waals surface area contributed by atoms with E-state index in [9.17, 15) is 14.7 Å². The highest BCUT2D eigenvalue weighted by Gasteiger charge is 2.50. The van der Waals surface area contributed by atoms with E-state index in [4.69, 9.17) is 4.74 Å². The molecule has 1 aliphatic carbocycles. The molecule has 0 spiro atoms. The van der Waals surface area contributed by atoms with Gasteiger partial charge in [0.1, 0.15) is 12.1 Å². The first kappa shape index (κ1) is 12.0. The van der Waals surface area contributed by atoms with E-state index >= 15 is 0 Å². The molecule has 5 heteroatoms. The maximum Gasteiger partial charge on any atom is 0.326 e. The van der Waals surface area contributed by atoms with Crippen molar-refractivity contribution in [2.24, 2.45) is 11.8 Å². The van der Waals surface area contributed by atoms with Gasteiger partial charge in [-0.1, -0.05) is 6.42 Å². The van der Waals surface area contributed by atoms with Crippen molar-refractivity contribution in [3.05, 3.63) is 0 Å². The Kier molecular flexibility index (Phi) is 3.01. The summed E-state index contributed by atoms with van der Waals surface area (Å²) in [5, 5.41) is 9.39. The number of carbonyl (C=O) groups excluding carboxylic acids is 1. The van der Waals surface area contributed by atoms with Crippen LogP contribution in [0.4, 0.5) is 0 Å². The minimum atomic E-state index is -0.851. The molecule has 0 bridgehead atoms. The average Bonchev–Trinajstić information content (AvgIpc) is 3.03. The molecule has 5 nitrogen and oxygen atoms in total. The molecule has 1 saturated carbocycles. The number of aliphatic carboxylic acids is 1. The number of carbonyl (C=O) groups is 2. The zero-order chi connectivity index (χ0) is 12.7. The van der Waals surface area contributed by atoms with E-state index in [2.05, 4.69) is 0 Å². The second kappa shape index (κ2) is 4.53. The number of likely N-dealkylation sites (tertiary alicyclic amines) is 1. The first-order valence-electron chi connectivity index (χ1n) is 6.83. The topological polar surface area (TPSA) is 66.8 Å².